The number of nitro benzene ring substituents is 1. The Labute approximate surface area is 165 Å². The van der Waals surface area contributed by atoms with Crippen molar-refractivity contribution >= 4 is 33.5 Å². The second-order valence-electron chi connectivity index (χ2n) is 5.57. The smallest absolute Gasteiger partial charge is 0.417 e. The first-order chi connectivity index (χ1) is 13.2. The lowest BCUT2D eigenvalue weighted by Gasteiger charge is -2.10. The van der Waals surface area contributed by atoms with Gasteiger partial charge in [0.05, 0.1) is 22.4 Å². The van der Waals surface area contributed by atoms with Crippen molar-refractivity contribution in [3.63, 3.8) is 0 Å². The molecule has 1 aromatic heterocycles. The topological polar surface area (TPSA) is 80.7 Å². The molecular formula is C18H11BrF3N3O3. The molecular weight excluding hydrogens is 443 g/mol. The minimum absolute atomic E-state index is 0.0436. The maximum Gasteiger partial charge on any atom is 0.417 e. The number of furan rings is 1. The highest BCUT2D eigenvalue weighted by atomic mass is 79.9. The van der Waals surface area contributed by atoms with E-state index in [9.17, 15) is 23.3 Å². The van der Waals surface area contributed by atoms with E-state index in [4.69, 9.17) is 4.42 Å². The van der Waals surface area contributed by atoms with Crippen LogP contribution in [-0.4, -0.2) is 11.1 Å². The Morgan fingerprint density at radius 1 is 1.11 bits per heavy atom. The largest absolute Gasteiger partial charge is 0.455 e. The van der Waals surface area contributed by atoms with Crippen molar-refractivity contribution in [2.24, 2.45) is 5.10 Å². The Hall–Kier alpha value is -3.14. The van der Waals surface area contributed by atoms with E-state index in [-0.39, 0.29) is 21.5 Å². The van der Waals surface area contributed by atoms with Gasteiger partial charge in [-0.05, 0) is 36.4 Å². The fourth-order valence-electron chi connectivity index (χ4n) is 2.30. The second-order valence-corrected chi connectivity index (χ2v) is 6.42. The van der Waals surface area contributed by atoms with Crippen molar-refractivity contribution < 1.29 is 22.5 Å². The number of nitro groups is 1. The lowest BCUT2D eigenvalue weighted by Crippen LogP contribution is -2.05. The normalized spacial score (nSPS) is 11.7. The third kappa shape index (κ3) is 4.58. The molecule has 0 unspecified atom stereocenters. The Morgan fingerprint density at radius 3 is 2.46 bits per heavy atom. The monoisotopic (exact) mass is 453 g/mol. The number of hydrogen-bond acceptors (Lipinski definition) is 5. The van der Waals surface area contributed by atoms with Crippen molar-refractivity contribution in [2.45, 2.75) is 6.18 Å². The van der Waals surface area contributed by atoms with Gasteiger partial charge in [0.1, 0.15) is 11.5 Å². The number of halogens is 4. The number of alkyl halides is 3. The lowest BCUT2D eigenvalue weighted by atomic mass is 10.1. The van der Waals surface area contributed by atoms with Gasteiger partial charge in [-0.1, -0.05) is 22.0 Å². The number of non-ortho nitro benzene ring substituents is 1. The molecule has 0 atom stereocenters. The Bertz CT molecular complexity index is 1030. The molecule has 0 amide bonds. The standard InChI is InChI=1S/C18H11BrF3N3O3/c19-16-7-1-11(9-15(16)18(20,21)22)17-8-6-14(28-17)10-23-24-12-2-4-13(5-3-12)25(26)27/h1-10,24H/b23-10-. The second kappa shape index (κ2) is 7.85. The van der Waals surface area contributed by atoms with E-state index in [1.807, 2.05) is 0 Å². The number of hydrogen-bond donors (Lipinski definition) is 1. The van der Waals surface area contributed by atoms with Crippen molar-refractivity contribution in [2.75, 3.05) is 5.43 Å². The summed E-state index contributed by atoms with van der Waals surface area (Å²) in [5.41, 5.74) is 2.64. The highest BCUT2D eigenvalue weighted by molar-refractivity contribution is 9.10. The van der Waals surface area contributed by atoms with Gasteiger partial charge in [-0.3, -0.25) is 15.5 Å². The van der Waals surface area contributed by atoms with Crippen LogP contribution in [0.25, 0.3) is 11.3 Å². The van der Waals surface area contributed by atoms with Crippen LogP contribution in [0.5, 0.6) is 0 Å². The first-order valence-electron chi connectivity index (χ1n) is 7.74. The summed E-state index contributed by atoms with van der Waals surface area (Å²) in [6, 6.07) is 12.6. The summed E-state index contributed by atoms with van der Waals surface area (Å²) >= 11 is 2.90. The van der Waals surface area contributed by atoms with Gasteiger partial charge in [-0.25, -0.2) is 0 Å². The zero-order valence-electron chi connectivity index (χ0n) is 13.9. The maximum absolute atomic E-state index is 13.0. The molecule has 0 radical (unpaired) electrons. The summed E-state index contributed by atoms with van der Waals surface area (Å²) in [7, 11) is 0. The van der Waals surface area contributed by atoms with Crippen LogP contribution in [0.1, 0.15) is 11.3 Å². The van der Waals surface area contributed by atoms with Gasteiger partial charge in [-0.15, -0.1) is 0 Å². The van der Waals surface area contributed by atoms with Crippen LogP contribution in [0.15, 0.2) is 68.6 Å². The molecule has 0 saturated carbocycles. The maximum atomic E-state index is 13.0. The molecule has 2 aromatic carbocycles. The van der Waals surface area contributed by atoms with Gasteiger partial charge < -0.3 is 4.42 Å². The van der Waals surface area contributed by atoms with Gasteiger partial charge >= 0.3 is 6.18 Å². The first kappa shape index (κ1) is 19.6. The number of hydrazone groups is 1. The predicted molar refractivity (Wildman–Crippen MR) is 101 cm³/mol. The summed E-state index contributed by atoms with van der Waals surface area (Å²) in [4.78, 5) is 10.1. The molecule has 0 aliphatic heterocycles. The summed E-state index contributed by atoms with van der Waals surface area (Å²) in [5, 5.41) is 14.5. The molecule has 1 heterocycles. The van der Waals surface area contributed by atoms with Gasteiger partial charge in [0, 0.05) is 22.2 Å². The van der Waals surface area contributed by atoms with Crippen LogP contribution in [-0.2, 0) is 6.18 Å². The molecule has 3 aromatic rings. The van der Waals surface area contributed by atoms with Crippen LogP contribution in [0, 0.1) is 10.1 Å². The fraction of sp³-hybridized carbons (Fsp3) is 0.0556. The van der Waals surface area contributed by atoms with Gasteiger partial charge in [0.2, 0.25) is 0 Å². The molecule has 3 rings (SSSR count). The van der Waals surface area contributed by atoms with E-state index in [2.05, 4.69) is 26.5 Å². The van der Waals surface area contributed by atoms with Crippen molar-refractivity contribution in [1.29, 1.82) is 0 Å². The van der Waals surface area contributed by atoms with E-state index in [0.717, 1.165) is 6.07 Å². The van der Waals surface area contributed by atoms with E-state index >= 15 is 0 Å². The number of nitrogens with one attached hydrogen (secondary N) is 1. The third-order valence-corrected chi connectivity index (χ3v) is 4.34. The zero-order valence-corrected chi connectivity index (χ0v) is 15.5. The van der Waals surface area contributed by atoms with Gasteiger partial charge in [0.15, 0.2) is 0 Å². The van der Waals surface area contributed by atoms with Crippen LogP contribution in [0.4, 0.5) is 24.5 Å². The SMILES string of the molecule is O=[N+]([O-])c1ccc(N/N=C\c2ccc(-c3ccc(Br)c(C(F)(F)F)c3)o2)cc1. The molecule has 0 saturated heterocycles. The molecule has 144 valence electrons. The number of anilines is 1. The number of nitrogens with zero attached hydrogens (tertiary/aromatic N) is 2. The molecule has 0 bridgehead atoms. The third-order valence-electron chi connectivity index (χ3n) is 3.65. The first-order valence-corrected chi connectivity index (χ1v) is 8.54. The van der Waals surface area contributed by atoms with E-state index in [1.54, 1.807) is 6.07 Å². The van der Waals surface area contributed by atoms with Crippen LogP contribution in [0.3, 0.4) is 0 Å². The van der Waals surface area contributed by atoms with E-state index in [0.29, 0.717) is 11.4 Å². The molecule has 0 spiro atoms. The van der Waals surface area contributed by atoms with Crippen LogP contribution >= 0.6 is 15.9 Å². The molecule has 0 aliphatic carbocycles. The number of benzene rings is 2. The Balaban J connectivity index is 1.72. The molecule has 10 heteroatoms. The molecule has 1 N–H and O–H groups in total. The number of rotatable bonds is 5. The highest BCUT2D eigenvalue weighted by Crippen LogP contribution is 2.37. The minimum Gasteiger partial charge on any atom is -0.455 e. The Morgan fingerprint density at radius 2 is 1.82 bits per heavy atom. The van der Waals surface area contributed by atoms with Crippen LogP contribution < -0.4 is 5.43 Å². The van der Waals surface area contributed by atoms with Gasteiger partial charge in [0.25, 0.3) is 5.69 Å². The van der Waals surface area contributed by atoms with Crippen molar-refractivity contribution in [3.8, 4) is 11.3 Å². The summed E-state index contributed by atoms with van der Waals surface area (Å²) in [5.74, 6) is 0.579. The average molecular weight is 454 g/mol. The van der Waals surface area contributed by atoms with E-state index < -0.39 is 16.7 Å². The minimum atomic E-state index is -4.49. The van der Waals surface area contributed by atoms with Gasteiger partial charge in [-0.2, -0.15) is 18.3 Å². The predicted octanol–water partition coefficient (Wildman–Crippen LogP) is 6.08. The van der Waals surface area contributed by atoms with Crippen molar-refractivity contribution in [3.05, 3.63) is 80.5 Å². The van der Waals surface area contributed by atoms with Crippen molar-refractivity contribution in [1.82, 2.24) is 0 Å². The molecule has 6 nitrogen and oxygen atoms in total. The Kier molecular flexibility index (Phi) is 5.50. The quantitative estimate of drug-likeness (QED) is 0.288. The highest BCUT2D eigenvalue weighted by Gasteiger charge is 2.33. The molecule has 28 heavy (non-hydrogen) atoms. The van der Waals surface area contributed by atoms with Crippen LogP contribution in [0.2, 0.25) is 0 Å². The summed E-state index contributed by atoms with van der Waals surface area (Å²) < 4.78 is 44.5. The lowest BCUT2D eigenvalue weighted by molar-refractivity contribution is -0.384. The average Bonchev–Trinajstić information content (AvgIpc) is 3.10. The fourth-order valence-corrected chi connectivity index (χ4v) is 2.77. The summed E-state index contributed by atoms with van der Waals surface area (Å²) in [6.45, 7) is 0. The van der Waals surface area contributed by atoms with E-state index in [1.165, 1.54) is 48.7 Å². The summed E-state index contributed by atoms with van der Waals surface area (Å²) in [6.07, 6.45) is -3.14. The molecule has 0 fully saturated rings. The zero-order chi connectivity index (χ0) is 20.3. The molecule has 0 aliphatic rings.